The Morgan fingerprint density at radius 1 is 1.24 bits per heavy atom. The van der Waals surface area contributed by atoms with Crippen LogP contribution in [-0.4, -0.2) is 56.8 Å². The Labute approximate surface area is 126 Å². The van der Waals surface area contributed by atoms with E-state index in [4.69, 9.17) is 9.47 Å². The number of para-hydroxylation sites is 2. The lowest BCUT2D eigenvalue weighted by Crippen LogP contribution is -2.52. The SMILES string of the molecule is CCOc1ccccc1N1CCN(C(C)C(=O)OC)CC1. The molecule has 1 saturated heterocycles. The zero-order valence-corrected chi connectivity index (χ0v) is 13.0. The second-order valence-corrected chi connectivity index (χ2v) is 5.12. The second kappa shape index (κ2) is 7.31. The predicted octanol–water partition coefficient (Wildman–Crippen LogP) is 1.77. The van der Waals surface area contributed by atoms with Crippen molar-refractivity contribution in [1.82, 2.24) is 4.90 Å². The van der Waals surface area contributed by atoms with Gasteiger partial charge in [-0.2, -0.15) is 0 Å². The maximum Gasteiger partial charge on any atom is 0.322 e. The van der Waals surface area contributed by atoms with Gasteiger partial charge in [-0.25, -0.2) is 0 Å². The summed E-state index contributed by atoms with van der Waals surface area (Å²) in [5.41, 5.74) is 1.13. The van der Waals surface area contributed by atoms with E-state index in [1.165, 1.54) is 7.11 Å². The number of benzene rings is 1. The zero-order valence-electron chi connectivity index (χ0n) is 13.0. The van der Waals surface area contributed by atoms with Crippen molar-refractivity contribution in [3.63, 3.8) is 0 Å². The second-order valence-electron chi connectivity index (χ2n) is 5.12. The Bertz CT molecular complexity index is 470. The van der Waals surface area contributed by atoms with Gasteiger partial charge in [0.15, 0.2) is 0 Å². The van der Waals surface area contributed by atoms with Crippen molar-refractivity contribution in [3.05, 3.63) is 24.3 Å². The number of hydrogen-bond acceptors (Lipinski definition) is 5. The molecule has 0 aromatic heterocycles. The summed E-state index contributed by atoms with van der Waals surface area (Å²) >= 11 is 0. The molecule has 5 nitrogen and oxygen atoms in total. The first kappa shape index (κ1) is 15.6. The summed E-state index contributed by atoms with van der Waals surface area (Å²) < 4.78 is 10.5. The number of esters is 1. The molecule has 1 unspecified atom stereocenters. The van der Waals surface area contributed by atoms with Crippen LogP contribution in [0.1, 0.15) is 13.8 Å². The first-order chi connectivity index (χ1) is 10.2. The van der Waals surface area contributed by atoms with Crippen LogP contribution in [0.5, 0.6) is 5.75 Å². The van der Waals surface area contributed by atoms with E-state index in [0.717, 1.165) is 37.6 Å². The van der Waals surface area contributed by atoms with Gasteiger partial charge in [-0.05, 0) is 26.0 Å². The normalized spacial score (nSPS) is 17.4. The summed E-state index contributed by atoms with van der Waals surface area (Å²) in [5, 5.41) is 0. The number of carbonyl (C=O) groups is 1. The Balaban J connectivity index is 1.99. The maximum atomic E-state index is 11.6. The molecule has 1 fully saturated rings. The quantitative estimate of drug-likeness (QED) is 0.774. The summed E-state index contributed by atoms with van der Waals surface area (Å²) in [6, 6.07) is 7.93. The molecule has 0 saturated carbocycles. The molecule has 0 aliphatic carbocycles. The summed E-state index contributed by atoms with van der Waals surface area (Å²) in [5.74, 6) is 0.757. The van der Waals surface area contributed by atoms with E-state index >= 15 is 0 Å². The number of nitrogens with zero attached hydrogens (tertiary/aromatic N) is 2. The van der Waals surface area contributed by atoms with Gasteiger partial charge in [0.05, 0.1) is 19.4 Å². The summed E-state index contributed by atoms with van der Waals surface area (Å²) in [4.78, 5) is 16.1. The summed E-state index contributed by atoms with van der Waals surface area (Å²) in [7, 11) is 1.44. The van der Waals surface area contributed by atoms with Gasteiger partial charge in [0.1, 0.15) is 11.8 Å². The number of piperazine rings is 1. The fraction of sp³-hybridized carbons (Fsp3) is 0.562. The number of hydrogen-bond donors (Lipinski definition) is 0. The van der Waals surface area contributed by atoms with Crippen molar-refractivity contribution in [2.75, 3.05) is 44.8 Å². The molecule has 0 amide bonds. The highest BCUT2D eigenvalue weighted by atomic mass is 16.5. The smallest absolute Gasteiger partial charge is 0.322 e. The Morgan fingerprint density at radius 2 is 1.90 bits per heavy atom. The number of carbonyl (C=O) groups excluding carboxylic acids is 1. The molecule has 0 spiro atoms. The van der Waals surface area contributed by atoms with Crippen LogP contribution < -0.4 is 9.64 Å². The highest BCUT2D eigenvalue weighted by Crippen LogP contribution is 2.29. The third-order valence-corrected chi connectivity index (χ3v) is 3.91. The van der Waals surface area contributed by atoms with Crippen LogP contribution >= 0.6 is 0 Å². The monoisotopic (exact) mass is 292 g/mol. The predicted molar refractivity (Wildman–Crippen MR) is 82.9 cm³/mol. The van der Waals surface area contributed by atoms with Crippen molar-refractivity contribution in [3.8, 4) is 5.75 Å². The van der Waals surface area contributed by atoms with E-state index in [2.05, 4.69) is 15.9 Å². The van der Waals surface area contributed by atoms with Gasteiger partial charge in [0.2, 0.25) is 0 Å². The van der Waals surface area contributed by atoms with Gasteiger partial charge in [0, 0.05) is 26.2 Å². The number of methoxy groups -OCH3 is 1. The molecule has 5 heteroatoms. The van der Waals surface area contributed by atoms with E-state index in [9.17, 15) is 4.79 Å². The lowest BCUT2D eigenvalue weighted by atomic mass is 10.2. The first-order valence-corrected chi connectivity index (χ1v) is 7.46. The average molecular weight is 292 g/mol. The van der Waals surface area contributed by atoms with E-state index in [1.54, 1.807) is 0 Å². The molecule has 2 rings (SSSR count). The Hall–Kier alpha value is -1.75. The standard InChI is InChI=1S/C16H24N2O3/c1-4-21-15-8-6-5-7-14(15)18-11-9-17(10-12-18)13(2)16(19)20-3/h5-8,13H,4,9-12H2,1-3H3. The molecule has 1 aromatic rings. The van der Waals surface area contributed by atoms with Crippen LogP contribution in [0, 0.1) is 0 Å². The Kier molecular flexibility index (Phi) is 5.44. The molecular weight excluding hydrogens is 268 g/mol. The van der Waals surface area contributed by atoms with Crippen LogP contribution in [0.25, 0.3) is 0 Å². The van der Waals surface area contributed by atoms with Gasteiger partial charge < -0.3 is 14.4 Å². The van der Waals surface area contributed by atoms with E-state index in [-0.39, 0.29) is 12.0 Å². The van der Waals surface area contributed by atoms with E-state index in [0.29, 0.717) is 6.61 Å². The van der Waals surface area contributed by atoms with Crippen LogP contribution in [0.4, 0.5) is 5.69 Å². The van der Waals surface area contributed by atoms with Gasteiger partial charge in [-0.3, -0.25) is 9.69 Å². The molecule has 1 aliphatic rings. The minimum absolute atomic E-state index is 0.168. The van der Waals surface area contributed by atoms with Crippen LogP contribution in [0.3, 0.4) is 0 Å². The van der Waals surface area contributed by atoms with Gasteiger partial charge in [0.25, 0.3) is 0 Å². The highest BCUT2D eigenvalue weighted by Gasteiger charge is 2.26. The van der Waals surface area contributed by atoms with Crippen LogP contribution in [0.2, 0.25) is 0 Å². The molecule has 1 heterocycles. The maximum absolute atomic E-state index is 11.6. The van der Waals surface area contributed by atoms with E-state index in [1.807, 2.05) is 32.0 Å². The first-order valence-electron chi connectivity index (χ1n) is 7.46. The molecule has 0 N–H and O–H groups in total. The zero-order chi connectivity index (χ0) is 15.2. The van der Waals surface area contributed by atoms with Gasteiger partial charge in [-0.1, -0.05) is 12.1 Å². The number of anilines is 1. The topological polar surface area (TPSA) is 42.0 Å². The van der Waals surface area contributed by atoms with Crippen LogP contribution in [0.15, 0.2) is 24.3 Å². The third kappa shape index (κ3) is 3.67. The highest BCUT2D eigenvalue weighted by molar-refractivity contribution is 5.75. The summed E-state index contributed by atoms with van der Waals surface area (Å²) in [6.45, 7) is 8.00. The lowest BCUT2D eigenvalue weighted by Gasteiger charge is -2.38. The molecule has 0 radical (unpaired) electrons. The molecule has 21 heavy (non-hydrogen) atoms. The lowest BCUT2D eigenvalue weighted by molar-refractivity contribution is -0.146. The molecule has 116 valence electrons. The van der Waals surface area contributed by atoms with Crippen molar-refractivity contribution in [2.24, 2.45) is 0 Å². The third-order valence-electron chi connectivity index (χ3n) is 3.91. The van der Waals surface area contributed by atoms with Crippen molar-refractivity contribution < 1.29 is 14.3 Å². The fourth-order valence-corrected chi connectivity index (χ4v) is 2.67. The average Bonchev–Trinajstić information content (AvgIpc) is 2.54. The minimum Gasteiger partial charge on any atom is -0.492 e. The molecular formula is C16H24N2O3. The Morgan fingerprint density at radius 3 is 2.52 bits per heavy atom. The van der Waals surface area contributed by atoms with Crippen molar-refractivity contribution >= 4 is 11.7 Å². The minimum atomic E-state index is -0.181. The number of ether oxygens (including phenoxy) is 2. The van der Waals surface area contributed by atoms with Gasteiger partial charge >= 0.3 is 5.97 Å². The van der Waals surface area contributed by atoms with Gasteiger partial charge in [-0.15, -0.1) is 0 Å². The van der Waals surface area contributed by atoms with E-state index < -0.39 is 0 Å². The van der Waals surface area contributed by atoms with Crippen molar-refractivity contribution in [1.29, 1.82) is 0 Å². The molecule has 0 bridgehead atoms. The molecule has 1 aliphatic heterocycles. The number of rotatable bonds is 5. The molecule has 1 atom stereocenters. The largest absolute Gasteiger partial charge is 0.492 e. The fourth-order valence-electron chi connectivity index (χ4n) is 2.67. The van der Waals surface area contributed by atoms with Crippen LogP contribution in [-0.2, 0) is 9.53 Å². The molecule has 1 aromatic carbocycles. The summed E-state index contributed by atoms with van der Waals surface area (Å²) in [6.07, 6.45) is 0. The van der Waals surface area contributed by atoms with Crippen molar-refractivity contribution in [2.45, 2.75) is 19.9 Å².